The van der Waals surface area contributed by atoms with Crippen LogP contribution in [0, 0.1) is 5.92 Å². The molecule has 7 nitrogen and oxygen atoms in total. The molecule has 0 saturated heterocycles. The molecule has 0 bridgehead atoms. The van der Waals surface area contributed by atoms with Crippen molar-refractivity contribution < 1.29 is 28.6 Å². The summed E-state index contributed by atoms with van der Waals surface area (Å²) in [5.74, 6) is -3.61. The van der Waals surface area contributed by atoms with Crippen LogP contribution in [0.5, 0.6) is 0 Å². The highest BCUT2D eigenvalue weighted by molar-refractivity contribution is 6.68. The Morgan fingerprint density at radius 3 is 1.76 bits per heavy atom. The zero-order chi connectivity index (χ0) is 16.6. The van der Waals surface area contributed by atoms with Crippen molar-refractivity contribution >= 4 is 52.8 Å². The topological polar surface area (TPSA) is 90.9 Å². The number of rotatable bonds is 6. The molecule has 0 saturated carbocycles. The lowest BCUT2D eigenvalue weighted by Gasteiger charge is -2.29. The molecule has 0 aliphatic carbocycles. The van der Waals surface area contributed by atoms with Gasteiger partial charge in [-0.25, -0.2) is 4.79 Å². The monoisotopic (exact) mass is 363 g/mol. The summed E-state index contributed by atoms with van der Waals surface area (Å²) in [5, 5.41) is 2.13. The van der Waals surface area contributed by atoms with Gasteiger partial charge in [0.2, 0.25) is 3.79 Å². The second kappa shape index (κ2) is 9.17. The first kappa shape index (κ1) is 20.1. The van der Waals surface area contributed by atoms with Gasteiger partial charge in [-0.1, -0.05) is 34.8 Å². The van der Waals surface area contributed by atoms with Gasteiger partial charge in [-0.3, -0.25) is 9.59 Å². The normalized spacial score (nSPS) is 12.5. The number of alkyl carbamates (subject to hydrolysis) is 1. The van der Waals surface area contributed by atoms with Crippen LogP contribution in [0.4, 0.5) is 4.79 Å². The molecule has 1 amide bonds. The molecule has 0 spiro atoms. The van der Waals surface area contributed by atoms with Gasteiger partial charge in [-0.05, 0) is 13.8 Å². The summed E-state index contributed by atoms with van der Waals surface area (Å²) in [6, 6.07) is -1.52. The number of halogens is 3. The number of methoxy groups -OCH3 is 1. The van der Waals surface area contributed by atoms with Gasteiger partial charge in [0.05, 0.1) is 20.3 Å². The summed E-state index contributed by atoms with van der Waals surface area (Å²) in [6.07, 6.45) is -0.982. The molecule has 0 heterocycles. The highest BCUT2D eigenvalue weighted by Crippen LogP contribution is 2.35. The molecule has 0 aromatic carbocycles. The highest BCUT2D eigenvalue weighted by atomic mass is 35.6. The number of hydrogen-bond donors (Lipinski definition) is 1. The minimum Gasteiger partial charge on any atom is -0.465 e. The number of amides is 1. The molecule has 0 aliphatic rings. The van der Waals surface area contributed by atoms with Crippen molar-refractivity contribution in [3.05, 3.63) is 0 Å². The Balaban J connectivity index is 5.49. The SMILES string of the molecule is CCOC(=O)C(C(=O)OCC)C(NC(=O)OC)C(Cl)(Cl)Cl. The Morgan fingerprint density at radius 1 is 1.05 bits per heavy atom. The van der Waals surface area contributed by atoms with E-state index >= 15 is 0 Å². The third-order valence-electron chi connectivity index (χ3n) is 2.23. The van der Waals surface area contributed by atoms with E-state index in [-0.39, 0.29) is 13.2 Å². The van der Waals surface area contributed by atoms with E-state index in [0.29, 0.717) is 0 Å². The predicted octanol–water partition coefficient (Wildman–Crippen LogP) is 1.82. The average Bonchev–Trinajstić information content (AvgIpc) is 2.37. The van der Waals surface area contributed by atoms with Crippen LogP contribution in [0.1, 0.15) is 13.8 Å². The molecular weight excluding hydrogens is 348 g/mol. The Hall–Kier alpha value is -0.920. The summed E-state index contributed by atoms with van der Waals surface area (Å²) in [4.78, 5) is 35.2. The Bertz CT molecular complexity index is 367. The molecule has 0 aromatic rings. The van der Waals surface area contributed by atoms with E-state index in [0.717, 1.165) is 7.11 Å². The standard InChI is InChI=1S/C11H16Cl3NO6/c1-4-20-8(16)6(9(17)21-5-2)7(11(12,13)14)15-10(18)19-3/h6-7H,4-5H2,1-3H3,(H,15,18). The van der Waals surface area contributed by atoms with Gasteiger partial charge in [-0.2, -0.15) is 0 Å². The minimum atomic E-state index is -2.17. The molecule has 122 valence electrons. The van der Waals surface area contributed by atoms with Gasteiger partial charge in [0.1, 0.15) is 6.04 Å². The fourth-order valence-corrected chi connectivity index (χ4v) is 1.91. The summed E-state index contributed by atoms with van der Waals surface area (Å²) in [7, 11) is 1.08. The van der Waals surface area contributed by atoms with Gasteiger partial charge in [-0.15, -0.1) is 0 Å². The van der Waals surface area contributed by atoms with E-state index in [1.54, 1.807) is 0 Å². The van der Waals surface area contributed by atoms with Crippen molar-refractivity contribution in [3.63, 3.8) is 0 Å². The third kappa shape index (κ3) is 6.58. The van der Waals surface area contributed by atoms with E-state index in [1.807, 2.05) is 0 Å². The zero-order valence-corrected chi connectivity index (χ0v) is 13.9. The molecule has 1 unspecified atom stereocenters. The van der Waals surface area contributed by atoms with Crippen LogP contribution in [0.15, 0.2) is 0 Å². The third-order valence-corrected chi connectivity index (χ3v) is 2.93. The number of esters is 2. The summed E-state index contributed by atoms with van der Waals surface area (Å²) in [5.41, 5.74) is 0. The number of nitrogens with one attached hydrogen (secondary N) is 1. The first-order chi connectivity index (χ1) is 9.68. The lowest BCUT2D eigenvalue weighted by atomic mass is 10.0. The number of carbonyl (C=O) groups excluding carboxylic acids is 3. The van der Waals surface area contributed by atoms with Crippen LogP contribution in [0.3, 0.4) is 0 Å². The maximum absolute atomic E-state index is 11.9. The molecular formula is C11H16Cl3NO6. The first-order valence-corrected chi connectivity index (χ1v) is 7.06. The zero-order valence-electron chi connectivity index (χ0n) is 11.7. The van der Waals surface area contributed by atoms with Crippen LogP contribution in [0.2, 0.25) is 0 Å². The Kier molecular flexibility index (Phi) is 8.77. The van der Waals surface area contributed by atoms with Crippen LogP contribution in [-0.4, -0.2) is 48.2 Å². The van der Waals surface area contributed by atoms with Gasteiger partial charge < -0.3 is 19.5 Å². The number of alkyl halides is 3. The lowest BCUT2D eigenvalue weighted by molar-refractivity contribution is -0.162. The van der Waals surface area contributed by atoms with E-state index in [4.69, 9.17) is 44.3 Å². The quantitative estimate of drug-likeness (QED) is 0.335. The number of carbonyl (C=O) groups is 3. The molecule has 21 heavy (non-hydrogen) atoms. The van der Waals surface area contributed by atoms with Crippen LogP contribution in [-0.2, 0) is 23.8 Å². The largest absolute Gasteiger partial charge is 0.465 e. The maximum Gasteiger partial charge on any atom is 0.407 e. The first-order valence-electron chi connectivity index (χ1n) is 5.93. The minimum absolute atomic E-state index is 0.000457. The van der Waals surface area contributed by atoms with Crippen molar-refractivity contribution in [2.75, 3.05) is 20.3 Å². The number of ether oxygens (including phenoxy) is 3. The summed E-state index contributed by atoms with van der Waals surface area (Å²) in [6.45, 7) is 3.08. The molecule has 0 radical (unpaired) electrons. The average molecular weight is 365 g/mol. The second-order valence-electron chi connectivity index (χ2n) is 3.64. The fraction of sp³-hybridized carbons (Fsp3) is 0.727. The Labute approximate surface area is 137 Å². The van der Waals surface area contributed by atoms with E-state index in [1.165, 1.54) is 13.8 Å². The highest BCUT2D eigenvalue weighted by Gasteiger charge is 2.49. The summed E-state index contributed by atoms with van der Waals surface area (Å²) < 4.78 is 11.7. The van der Waals surface area contributed by atoms with Gasteiger partial charge in [0.25, 0.3) is 0 Å². The fourth-order valence-electron chi connectivity index (χ4n) is 1.37. The van der Waals surface area contributed by atoms with Crippen molar-refractivity contribution in [2.24, 2.45) is 5.92 Å². The number of hydrogen-bond acceptors (Lipinski definition) is 6. The van der Waals surface area contributed by atoms with Crippen molar-refractivity contribution in [1.29, 1.82) is 0 Å². The molecule has 1 N–H and O–H groups in total. The van der Waals surface area contributed by atoms with E-state index < -0.39 is 33.8 Å². The predicted molar refractivity (Wildman–Crippen MR) is 76.4 cm³/mol. The molecule has 0 aromatic heterocycles. The molecule has 0 fully saturated rings. The molecule has 0 aliphatic heterocycles. The van der Waals surface area contributed by atoms with Crippen molar-refractivity contribution in [1.82, 2.24) is 5.32 Å². The molecule has 10 heteroatoms. The van der Waals surface area contributed by atoms with Gasteiger partial charge >= 0.3 is 18.0 Å². The smallest absolute Gasteiger partial charge is 0.407 e. The molecule has 1 atom stereocenters. The van der Waals surface area contributed by atoms with Crippen molar-refractivity contribution in [3.8, 4) is 0 Å². The van der Waals surface area contributed by atoms with Gasteiger partial charge in [0.15, 0.2) is 5.92 Å². The van der Waals surface area contributed by atoms with Crippen molar-refractivity contribution in [2.45, 2.75) is 23.7 Å². The lowest BCUT2D eigenvalue weighted by Crippen LogP contribution is -2.54. The molecule has 0 rings (SSSR count). The summed E-state index contributed by atoms with van der Waals surface area (Å²) >= 11 is 17.2. The van der Waals surface area contributed by atoms with Gasteiger partial charge in [0, 0.05) is 0 Å². The van der Waals surface area contributed by atoms with Crippen LogP contribution in [0.25, 0.3) is 0 Å². The second-order valence-corrected chi connectivity index (χ2v) is 6.01. The van der Waals surface area contributed by atoms with Crippen LogP contribution >= 0.6 is 34.8 Å². The Morgan fingerprint density at radius 2 is 1.48 bits per heavy atom. The van der Waals surface area contributed by atoms with Crippen LogP contribution < -0.4 is 5.32 Å². The van der Waals surface area contributed by atoms with E-state index in [9.17, 15) is 14.4 Å². The van der Waals surface area contributed by atoms with E-state index in [2.05, 4.69) is 10.1 Å². The maximum atomic E-state index is 11.9.